The van der Waals surface area contributed by atoms with Crippen molar-refractivity contribution in [1.29, 1.82) is 0 Å². The van der Waals surface area contributed by atoms with Crippen molar-refractivity contribution in [2.45, 2.75) is 30.4 Å². The first-order chi connectivity index (χ1) is 10.4. The Kier molecular flexibility index (Phi) is 3.87. The van der Waals surface area contributed by atoms with Crippen molar-refractivity contribution in [1.82, 2.24) is 14.8 Å². The number of thioether (sulfide) groups is 1. The van der Waals surface area contributed by atoms with Crippen LogP contribution in [0.5, 0.6) is 0 Å². The number of aliphatic hydroxyl groups is 1. The van der Waals surface area contributed by atoms with Gasteiger partial charge in [0.1, 0.15) is 0 Å². The van der Waals surface area contributed by atoms with Gasteiger partial charge in [-0.2, -0.15) is 18.3 Å². The van der Waals surface area contributed by atoms with Crippen molar-refractivity contribution < 1.29 is 23.0 Å². The third-order valence-corrected chi connectivity index (χ3v) is 3.98. The van der Waals surface area contributed by atoms with Gasteiger partial charge >= 0.3 is 6.18 Å². The van der Waals surface area contributed by atoms with E-state index >= 15 is 0 Å². The average molecular weight is 331 g/mol. The second-order valence-corrected chi connectivity index (χ2v) is 5.91. The summed E-state index contributed by atoms with van der Waals surface area (Å²) < 4.78 is 43.9. The fourth-order valence-corrected chi connectivity index (χ4v) is 2.81. The molecule has 0 bridgehead atoms. The van der Waals surface area contributed by atoms with E-state index < -0.39 is 24.3 Å². The van der Waals surface area contributed by atoms with Gasteiger partial charge in [0.05, 0.1) is 17.6 Å². The van der Waals surface area contributed by atoms with Crippen LogP contribution < -0.4 is 0 Å². The largest absolute Gasteiger partial charge is 0.435 e. The highest BCUT2D eigenvalue weighted by atomic mass is 32.2. The zero-order valence-electron chi connectivity index (χ0n) is 11.4. The second kappa shape index (κ2) is 5.56. The molecule has 5 nitrogen and oxygen atoms in total. The number of aromatic nitrogens is 3. The van der Waals surface area contributed by atoms with E-state index in [-0.39, 0.29) is 0 Å². The lowest BCUT2D eigenvalue weighted by atomic mass is 10.2. The Morgan fingerprint density at radius 3 is 2.73 bits per heavy atom. The number of rotatable bonds is 4. The molecule has 0 spiro atoms. The van der Waals surface area contributed by atoms with Crippen LogP contribution in [0, 0.1) is 0 Å². The smallest absolute Gasteiger partial charge is 0.365 e. The number of alkyl halides is 3. The summed E-state index contributed by atoms with van der Waals surface area (Å²) in [7, 11) is 0. The van der Waals surface area contributed by atoms with Crippen LogP contribution in [0.25, 0.3) is 5.69 Å². The molecule has 3 heterocycles. The van der Waals surface area contributed by atoms with Crippen LogP contribution >= 0.6 is 11.8 Å². The molecule has 1 saturated heterocycles. The molecule has 1 aliphatic rings. The second-order valence-electron chi connectivity index (χ2n) is 4.60. The molecule has 118 valence electrons. The molecule has 2 aromatic heterocycles. The van der Waals surface area contributed by atoms with Crippen LogP contribution in [-0.4, -0.2) is 31.9 Å². The highest BCUT2D eigenvalue weighted by Gasteiger charge is 2.41. The van der Waals surface area contributed by atoms with Crippen molar-refractivity contribution in [3.05, 3.63) is 35.9 Å². The minimum absolute atomic E-state index is 0.422. The molecule has 2 aromatic rings. The molecule has 1 aliphatic heterocycles. The number of hydrogen-bond acceptors (Lipinski definition) is 5. The van der Waals surface area contributed by atoms with Crippen molar-refractivity contribution in [3.63, 3.8) is 0 Å². The maximum absolute atomic E-state index is 12.6. The first kappa shape index (κ1) is 15.3. The van der Waals surface area contributed by atoms with Gasteiger partial charge in [0.2, 0.25) is 0 Å². The van der Waals surface area contributed by atoms with Gasteiger partial charge in [-0.1, -0.05) is 6.92 Å². The minimum atomic E-state index is -4.48. The monoisotopic (exact) mass is 331 g/mol. The molecule has 0 aromatic carbocycles. The Morgan fingerprint density at radius 1 is 1.45 bits per heavy atom. The number of aliphatic hydroxyl groups excluding tert-OH is 1. The van der Waals surface area contributed by atoms with Crippen molar-refractivity contribution in [2.75, 3.05) is 5.75 Å². The van der Waals surface area contributed by atoms with Crippen molar-refractivity contribution >= 4 is 11.8 Å². The molecule has 2 unspecified atom stereocenters. The van der Waals surface area contributed by atoms with Gasteiger partial charge in [-0.15, -0.1) is 11.8 Å². The van der Waals surface area contributed by atoms with E-state index in [1.807, 2.05) is 6.92 Å². The third-order valence-electron chi connectivity index (χ3n) is 3.05. The Hall–Kier alpha value is -1.58. The molecule has 0 aliphatic carbocycles. The molecule has 9 heteroatoms. The Labute approximate surface area is 128 Å². The zero-order chi connectivity index (χ0) is 15.9. The van der Waals surface area contributed by atoms with E-state index in [9.17, 15) is 18.3 Å². The molecular formula is C13H12F3N3O2S. The summed E-state index contributed by atoms with van der Waals surface area (Å²) >= 11 is 1.48. The van der Waals surface area contributed by atoms with Crippen molar-refractivity contribution in [2.24, 2.45) is 0 Å². The maximum Gasteiger partial charge on any atom is 0.435 e. The SMILES string of the molecule is CCSc1cc(-n2ccc(C(F)(F)F)n2)cnc1C1OC1O. The first-order valence-corrected chi connectivity index (χ1v) is 7.48. The van der Waals surface area contributed by atoms with Gasteiger partial charge < -0.3 is 9.84 Å². The molecule has 0 radical (unpaired) electrons. The predicted octanol–water partition coefficient (Wildman–Crippen LogP) is 2.79. The molecule has 1 N–H and O–H groups in total. The van der Waals surface area contributed by atoms with Gasteiger partial charge in [-0.25, -0.2) is 4.68 Å². The zero-order valence-corrected chi connectivity index (χ0v) is 12.2. The highest BCUT2D eigenvalue weighted by Crippen LogP contribution is 2.40. The van der Waals surface area contributed by atoms with Crippen LogP contribution in [0.15, 0.2) is 29.4 Å². The summed E-state index contributed by atoms with van der Waals surface area (Å²) in [5.74, 6) is 0.758. The molecule has 1 fully saturated rings. The Balaban J connectivity index is 1.94. The van der Waals surface area contributed by atoms with Gasteiger partial charge in [-0.05, 0) is 17.9 Å². The van der Waals surface area contributed by atoms with Crippen molar-refractivity contribution in [3.8, 4) is 5.69 Å². The summed E-state index contributed by atoms with van der Waals surface area (Å²) in [6.07, 6.45) is -3.16. The number of nitrogens with zero attached hydrogens (tertiary/aromatic N) is 3. The van der Waals surface area contributed by atoms with Crippen LogP contribution in [0.3, 0.4) is 0 Å². The number of pyridine rings is 1. The fourth-order valence-electron chi connectivity index (χ4n) is 1.98. The molecule has 3 rings (SSSR count). The maximum atomic E-state index is 12.6. The summed E-state index contributed by atoms with van der Waals surface area (Å²) in [6.45, 7) is 1.95. The van der Waals surface area contributed by atoms with E-state index in [0.29, 0.717) is 11.4 Å². The van der Waals surface area contributed by atoms with Crippen LogP contribution in [0.4, 0.5) is 13.2 Å². The fraction of sp³-hybridized carbons (Fsp3) is 0.385. The quantitative estimate of drug-likeness (QED) is 0.689. The van der Waals surface area contributed by atoms with E-state index in [0.717, 1.165) is 21.4 Å². The number of ether oxygens (including phenoxy) is 1. The summed E-state index contributed by atoms with van der Waals surface area (Å²) in [6, 6.07) is 2.60. The first-order valence-electron chi connectivity index (χ1n) is 6.49. The van der Waals surface area contributed by atoms with Gasteiger partial charge in [-0.3, -0.25) is 4.98 Å². The minimum Gasteiger partial charge on any atom is -0.365 e. The number of halogens is 3. The van der Waals surface area contributed by atoms with Crippen LogP contribution in [0.2, 0.25) is 0 Å². The van der Waals surface area contributed by atoms with Crippen LogP contribution in [-0.2, 0) is 10.9 Å². The number of epoxide rings is 1. The van der Waals surface area contributed by atoms with Crippen LogP contribution in [0.1, 0.15) is 24.4 Å². The summed E-state index contributed by atoms with van der Waals surface area (Å²) in [5, 5.41) is 12.9. The molecule has 0 saturated carbocycles. The molecular weight excluding hydrogens is 319 g/mol. The van der Waals surface area contributed by atoms with E-state index in [1.54, 1.807) is 6.07 Å². The lowest BCUT2D eigenvalue weighted by molar-refractivity contribution is -0.141. The summed E-state index contributed by atoms with van der Waals surface area (Å²) in [5.41, 5.74) is 0.0545. The lowest BCUT2D eigenvalue weighted by Gasteiger charge is -2.08. The van der Waals surface area contributed by atoms with Gasteiger partial charge in [0.15, 0.2) is 18.1 Å². The topological polar surface area (TPSA) is 63.5 Å². The predicted molar refractivity (Wildman–Crippen MR) is 72.6 cm³/mol. The lowest BCUT2D eigenvalue weighted by Crippen LogP contribution is -2.07. The highest BCUT2D eigenvalue weighted by molar-refractivity contribution is 7.99. The average Bonchev–Trinajstić information content (AvgIpc) is 2.98. The van der Waals surface area contributed by atoms with E-state index in [4.69, 9.17) is 4.74 Å². The molecule has 0 amide bonds. The Morgan fingerprint density at radius 2 is 2.18 bits per heavy atom. The summed E-state index contributed by atoms with van der Waals surface area (Å²) in [4.78, 5) is 4.96. The Bertz CT molecular complexity index is 689. The van der Waals surface area contributed by atoms with E-state index in [1.165, 1.54) is 24.2 Å². The molecule has 22 heavy (non-hydrogen) atoms. The standard InChI is InChI=1S/C13H12F3N3O2S/c1-2-22-8-5-7(6-17-10(8)11-12(20)21-11)19-4-3-9(18-19)13(14,15)16/h3-6,11-12,20H,2H2,1H3. The molecule has 2 atom stereocenters. The third kappa shape index (κ3) is 2.96. The van der Waals surface area contributed by atoms with Gasteiger partial charge in [0.25, 0.3) is 0 Å². The normalized spacial score (nSPS) is 21.1. The van der Waals surface area contributed by atoms with Gasteiger partial charge in [0, 0.05) is 11.1 Å². The number of hydrogen-bond donors (Lipinski definition) is 1. The van der Waals surface area contributed by atoms with E-state index in [2.05, 4.69) is 10.1 Å².